The van der Waals surface area contributed by atoms with Crippen LogP contribution in [0.15, 0.2) is 16.2 Å². The lowest BCUT2D eigenvalue weighted by atomic mass is 10.1. The fourth-order valence-corrected chi connectivity index (χ4v) is 9.12. The fraction of sp³-hybridized carbons (Fsp3) is 0.625. The first-order valence-electron chi connectivity index (χ1n) is 14.3. The number of aliphatic imine (C=N–C) groups is 2. The van der Waals surface area contributed by atoms with Crippen LogP contribution >= 0.6 is 45.1 Å². The number of carbonyl (C=O) groups excluding carboxylic acids is 1. The number of nitrogens with one attached hydrogen (secondary N) is 2. The van der Waals surface area contributed by atoms with E-state index in [1.54, 1.807) is 28.9 Å². The van der Waals surface area contributed by atoms with Crippen LogP contribution in [0.25, 0.3) is 0 Å². The molecule has 0 aliphatic carbocycles. The molecule has 3 rings (SSSR count). The van der Waals surface area contributed by atoms with Gasteiger partial charge in [-0.05, 0) is 0 Å². The molecule has 51 heavy (non-hydrogen) atoms. The molecule has 0 spiro atoms. The highest BCUT2D eigenvalue weighted by Crippen LogP contribution is 2.66. The van der Waals surface area contributed by atoms with E-state index >= 15 is 0 Å². The van der Waals surface area contributed by atoms with E-state index in [0.717, 1.165) is 0 Å². The zero-order valence-corrected chi connectivity index (χ0v) is 31.8. The number of aromatic nitrogens is 1. The Labute approximate surface area is 297 Å². The van der Waals surface area contributed by atoms with Crippen LogP contribution in [-0.2, 0) is 47.7 Å². The van der Waals surface area contributed by atoms with Crippen molar-refractivity contribution in [3.05, 3.63) is 17.3 Å². The van der Waals surface area contributed by atoms with Crippen molar-refractivity contribution in [3.8, 4) is 11.8 Å². The number of rotatable bonds is 14. The van der Waals surface area contributed by atoms with Crippen molar-refractivity contribution in [3.63, 3.8) is 0 Å². The molecule has 3 unspecified atom stereocenters. The second kappa shape index (κ2) is 17.5. The fourth-order valence-electron chi connectivity index (χ4n) is 4.09. The molecule has 1 amide bonds. The van der Waals surface area contributed by atoms with Gasteiger partial charge in [0.15, 0.2) is 0 Å². The number of phosphoric ester groups is 1. The van der Waals surface area contributed by atoms with E-state index in [9.17, 15) is 41.4 Å². The van der Waals surface area contributed by atoms with Gasteiger partial charge in [-0.25, -0.2) is 23.7 Å². The number of alkyl halides is 3. The van der Waals surface area contributed by atoms with Crippen LogP contribution in [-0.4, -0.2) is 104 Å². The largest absolute Gasteiger partial charge is 0.490 e. The van der Waals surface area contributed by atoms with Crippen LogP contribution in [0.5, 0.6) is 0 Å². The molecule has 1 aromatic rings. The van der Waals surface area contributed by atoms with Gasteiger partial charge < -0.3 is 49.1 Å². The van der Waals surface area contributed by atoms with Gasteiger partial charge in [0.25, 0.3) is 0 Å². The minimum Gasteiger partial charge on any atom is -0.369 e. The first-order valence-corrected chi connectivity index (χ1v) is 21.1. The number of halogens is 3. The molecule has 0 saturated carbocycles. The normalized spacial score (nSPS) is 21.9. The van der Waals surface area contributed by atoms with Crippen LogP contribution in [0.1, 0.15) is 44.5 Å². The van der Waals surface area contributed by atoms with Crippen LogP contribution < -0.4 is 10.6 Å². The van der Waals surface area contributed by atoms with Crippen LogP contribution in [0.2, 0.25) is 0 Å². The summed E-state index contributed by atoms with van der Waals surface area (Å²) in [6.45, 7) is 4.59. The molecule has 0 radical (unpaired) electrons. The molecule has 0 bridgehead atoms. The summed E-state index contributed by atoms with van der Waals surface area (Å²) in [6, 6.07) is 0. The number of hydrogen-bond donors (Lipinski definition) is 6. The number of ether oxygens (including phenoxy) is 2. The van der Waals surface area contributed by atoms with E-state index in [1.165, 1.54) is 34.1 Å². The average molecular weight is 831 g/mol. The molecule has 1 aromatic heterocycles. The number of fused-ring (bicyclic) bond motifs is 1. The summed E-state index contributed by atoms with van der Waals surface area (Å²) in [5.74, 6) is 3.73. The Morgan fingerprint density at radius 1 is 1.22 bits per heavy atom. The standard InChI is InChI=1S/C24H36F3N6O13P3S2/c1-23(2,3)51-50-14-42-17-9-19(44-18(17)12-43-48(38,39)46-49(40,41)45-47(35,36)37)33-11-15(7-6-8-28-21(34)24(25,26)27)16-10-29-22(31-20(16)33)30-13-32(4)5/h11,13,17-19H,8-10,12,14H2,1-5H3,(H,28,34)(H,29,31)(H,38,39)(H,40,41)(H2,35,36,37)/t17?,18-,19-/m1/s1. The SMILES string of the molecule is CN(C)C=NC1=NCc2c(C#CCNC(=O)C(F)(F)F)cn([C@H]3CC(OCSSC(C)(C)C)[C@@H](COP(=O)(O)OP(=O)(O)OP(=O)(O)O)O3)c2N1. The third-order valence-corrected chi connectivity index (χ3v) is 12.7. The summed E-state index contributed by atoms with van der Waals surface area (Å²) in [5, 5.41) is 4.71. The first kappa shape index (κ1) is 43.5. The number of phosphoric acid groups is 3. The Hall–Kier alpha value is -1.93. The highest BCUT2D eigenvalue weighted by atomic mass is 33.1. The lowest BCUT2D eigenvalue weighted by molar-refractivity contribution is -0.173. The van der Waals surface area contributed by atoms with E-state index in [-0.39, 0.29) is 29.6 Å². The topological polar surface area (TPSA) is 252 Å². The predicted molar refractivity (Wildman–Crippen MR) is 180 cm³/mol. The Morgan fingerprint density at radius 3 is 2.51 bits per heavy atom. The zero-order valence-electron chi connectivity index (χ0n) is 27.5. The second-order valence-electron chi connectivity index (χ2n) is 11.6. The lowest BCUT2D eigenvalue weighted by Crippen LogP contribution is -2.36. The minimum absolute atomic E-state index is 0.0388. The van der Waals surface area contributed by atoms with Crippen LogP contribution in [0.3, 0.4) is 0 Å². The number of carbonyl (C=O) groups is 1. The summed E-state index contributed by atoms with van der Waals surface area (Å²) in [7, 11) is -10.5. The van der Waals surface area contributed by atoms with Crippen molar-refractivity contribution in [2.24, 2.45) is 9.98 Å². The van der Waals surface area contributed by atoms with Gasteiger partial charge in [-0.3, -0.25) is 9.32 Å². The van der Waals surface area contributed by atoms with Crippen LogP contribution in [0.4, 0.5) is 19.0 Å². The molecular weight excluding hydrogens is 794 g/mol. The number of amides is 1. The number of anilines is 1. The molecular formula is C24H36F3N6O13P3S2. The maximum absolute atomic E-state index is 12.6. The summed E-state index contributed by atoms with van der Waals surface area (Å²) in [6.07, 6.45) is -4.91. The van der Waals surface area contributed by atoms with Crippen LogP contribution in [0, 0.1) is 11.8 Å². The van der Waals surface area contributed by atoms with Gasteiger partial charge in [0.2, 0.25) is 5.96 Å². The summed E-state index contributed by atoms with van der Waals surface area (Å²) in [4.78, 5) is 58.5. The molecule has 1 saturated heterocycles. The predicted octanol–water partition coefficient (Wildman–Crippen LogP) is 3.54. The van der Waals surface area contributed by atoms with Gasteiger partial charge in [0, 0.05) is 42.6 Å². The zero-order chi connectivity index (χ0) is 38.4. The Kier molecular flexibility index (Phi) is 14.9. The second-order valence-corrected chi connectivity index (χ2v) is 19.1. The Bertz CT molecular complexity index is 1690. The van der Waals surface area contributed by atoms with Crippen molar-refractivity contribution in [1.29, 1.82) is 0 Å². The van der Waals surface area contributed by atoms with Crippen molar-refractivity contribution in [2.75, 3.05) is 38.5 Å². The van der Waals surface area contributed by atoms with Crippen molar-refractivity contribution in [1.82, 2.24) is 14.8 Å². The quantitative estimate of drug-likeness (QED) is 0.0298. The van der Waals surface area contributed by atoms with Gasteiger partial charge in [-0.1, -0.05) is 54.2 Å². The molecule has 2 aliphatic rings. The maximum atomic E-state index is 12.6. The Balaban J connectivity index is 1.89. The van der Waals surface area contributed by atoms with Crippen molar-refractivity contribution in [2.45, 2.75) is 63.1 Å². The van der Waals surface area contributed by atoms with Crippen molar-refractivity contribution < 1.29 is 73.9 Å². The molecule has 5 atom stereocenters. The first-order chi connectivity index (χ1) is 23.3. The molecule has 27 heteroatoms. The van der Waals surface area contributed by atoms with Gasteiger partial charge in [0.05, 0.1) is 32.1 Å². The number of nitrogens with zero attached hydrogens (tertiary/aromatic N) is 4. The highest BCUT2D eigenvalue weighted by Gasteiger charge is 2.44. The lowest BCUT2D eigenvalue weighted by Gasteiger charge is -2.22. The van der Waals surface area contributed by atoms with Gasteiger partial charge in [-0.2, -0.15) is 21.8 Å². The third-order valence-electron chi connectivity index (χ3n) is 5.93. The summed E-state index contributed by atoms with van der Waals surface area (Å²) < 4.78 is 99.0. The van der Waals surface area contributed by atoms with Gasteiger partial charge in [0.1, 0.15) is 24.1 Å². The molecule has 6 N–H and O–H groups in total. The molecule has 19 nitrogen and oxygen atoms in total. The molecule has 3 heterocycles. The molecule has 0 aromatic carbocycles. The molecule has 288 valence electrons. The minimum atomic E-state index is -5.77. The number of guanidine groups is 1. The van der Waals surface area contributed by atoms with Gasteiger partial charge >= 0.3 is 35.6 Å². The number of hydrogen-bond acceptors (Lipinski definition) is 14. The molecule has 2 aliphatic heterocycles. The summed E-state index contributed by atoms with van der Waals surface area (Å²) in [5.41, 5.74) is 0.816. The maximum Gasteiger partial charge on any atom is 0.490 e. The Morgan fingerprint density at radius 2 is 1.90 bits per heavy atom. The van der Waals surface area contributed by atoms with E-state index in [1.807, 2.05) is 20.8 Å². The van der Waals surface area contributed by atoms with E-state index in [4.69, 9.17) is 23.8 Å². The van der Waals surface area contributed by atoms with E-state index < -0.39 is 67.1 Å². The average Bonchev–Trinajstić information content (AvgIpc) is 3.53. The van der Waals surface area contributed by atoms with E-state index in [0.29, 0.717) is 16.9 Å². The monoisotopic (exact) mass is 830 g/mol. The van der Waals surface area contributed by atoms with Gasteiger partial charge in [-0.15, -0.1) is 0 Å². The molecule has 1 fully saturated rings. The smallest absolute Gasteiger partial charge is 0.369 e. The van der Waals surface area contributed by atoms with E-state index in [2.05, 4.69) is 35.8 Å². The summed E-state index contributed by atoms with van der Waals surface area (Å²) >= 11 is 0. The van der Waals surface area contributed by atoms with Crippen molar-refractivity contribution >= 4 is 69.1 Å². The third kappa shape index (κ3) is 14.8. The highest BCUT2D eigenvalue weighted by molar-refractivity contribution is 8.77.